The third-order valence-electron chi connectivity index (χ3n) is 3.94. The van der Waals surface area contributed by atoms with Crippen LogP contribution in [0.1, 0.15) is 26.7 Å². The number of ketones is 1. The number of halogens is 2. The van der Waals surface area contributed by atoms with Crippen LogP contribution < -0.4 is 5.32 Å². The molecule has 0 aliphatic heterocycles. The van der Waals surface area contributed by atoms with Gasteiger partial charge in [0.05, 0.1) is 5.69 Å². The van der Waals surface area contributed by atoms with Gasteiger partial charge in [-0.2, -0.15) is 0 Å². The van der Waals surface area contributed by atoms with E-state index in [2.05, 4.69) is 21.2 Å². The van der Waals surface area contributed by atoms with Crippen molar-refractivity contribution in [3.8, 4) is 0 Å². The molecule has 2 aromatic heterocycles. The number of fused-ring (bicyclic) bond motifs is 1. The van der Waals surface area contributed by atoms with Gasteiger partial charge in [-0.25, -0.2) is 4.39 Å². The van der Waals surface area contributed by atoms with Crippen molar-refractivity contribution in [3.05, 3.63) is 88.2 Å². The van der Waals surface area contributed by atoms with Crippen LogP contribution in [0.4, 0.5) is 10.1 Å². The molecule has 0 aliphatic carbocycles. The van der Waals surface area contributed by atoms with Gasteiger partial charge in [0.1, 0.15) is 11.4 Å². The number of hydrogen-bond donors (Lipinski definition) is 1. The fourth-order valence-corrected chi connectivity index (χ4v) is 2.98. The minimum Gasteiger partial charge on any atom is -0.450 e. The van der Waals surface area contributed by atoms with Crippen molar-refractivity contribution in [1.82, 2.24) is 0 Å². The highest BCUT2D eigenvalue weighted by Crippen LogP contribution is 2.33. The summed E-state index contributed by atoms with van der Waals surface area (Å²) in [5, 5.41) is 3.25. The molecule has 27 heavy (non-hydrogen) atoms. The average molecular weight is 428 g/mol. The van der Waals surface area contributed by atoms with E-state index in [9.17, 15) is 14.0 Å². The summed E-state index contributed by atoms with van der Waals surface area (Å²) in [6, 6.07) is 15.1. The SMILES string of the molecule is O=C(Nc1c(C(=O)c2ccc(F)cc2)oc2ccccc12)c1ccc(Br)o1. The highest BCUT2D eigenvalue weighted by atomic mass is 79.9. The number of anilines is 1. The maximum Gasteiger partial charge on any atom is 0.291 e. The van der Waals surface area contributed by atoms with Crippen molar-refractivity contribution >= 4 is 44.3 Å². The van der Waals surface area contributed by atoms with Gasteiger partial charge in [-0.15, -0.1) is 0 Å². The second-order valence-electron chi connectivity index (χ2n) is 5.70. The molecule has 2 heterocycles. The van der Waals surface area contributed by atoms with Crippen molar-refractivity contribution in [3.63, 3.8) is 0 Å². The Balaban J connectivity index is 1.78. The van der Waals surface area contributed by atoms with Crippen molar-refractivity contribution in [2.24, 2.45) is 0 Å². The van der Waals surface area contributed by atoms with Gasteiger partial charge in [0.2, 0.25) is 5.78 Å². The lowest BCUT2D eigenvalue weighted by Crippen LogP contribution is -2.13. The van der Waals surface area contributed by atoms with E-state index >= 15 is 0 Å². The van der Waals surface area contributed by atoms with Gasteiger partial charge in [0, 0.05) is 10.9 Å². The van der Waals surface area contributed by atoms with Crippen molar-refractivity contribution in [1.29, 1.82) is 0 Å². The maximum atomic E-state index is 13.2. The number of para-hydroxylation sites is 1. The number of amides is 1. The second-order valence-corrected chi connectivity index (χ2v) is 6.48. The number of furan rings is 2. The first-order valence-corrected chi connectivity index (χ1v) is 8.71. The van der Waals surface area contributed by atoms with E-state index in [-0.39, 0.29) is 22.8 Å². The fraction of sp³-hybridized carbons (Fsp3) is 0. The number of carbonyl (C=O) groups excluding carboxylic acids is 2. The fourth-order valence-electron chi connectivity index (χ4n) is 2.67. The van der Waals surface area contributed by atoms with Gasteiger partial charge in [0.25, 0.3) is 5.91 Å². The molecule has 1 N–H and O–H groups in total. The van der Waals surface area contributed by atoms with Crippen LogP contribution in [0, 0.1) is 5.82 Å². The van der Waals surface area contributed by atoms with Crippen LogP contribution in [-0.4, -0.2) is 11.7 Å². The largest absolute Gasteiger partial charge is 0.450 e. The molecule has 0 bridgehead atoms. The lowest BCUT2D eigenvalue weighted by atomic mass is 10.1. The monoisotopic (exact) mass is 427 g/mol. The first-order valence-electron chi connectivity index (χ1n) is 7.91. The minimum absolute atomic E-state index is 0.0400. The van der Waals surface area contributed by atoms with E-state index in [1.807, 2.05) is 0 Å². The van der Waals surface area contributed by atoms with Gasteiger partial charge in [-0.1, -0.05) is 12.1 Å². The quantitative estimate of drug-likeness (QED) is 0.441. The summed E-state index contributed by atoms with van der Waals surface area (Å²) >= 11 is 3.14. The van der Waals surface area contributed by atoms with E-state index in [1.54, 1.807) is 30.3 Å². The van der Waals surface area contributed by atoms with Gasteiger partial charge in [-0.05, 0) is 64.5 Å². The molecular weight excluding hydrogens is 417 g/mol. The summed E-state index contributed by atoms with van der Waals surface area (Å²) < 4.78 is 24.5. The molecule has 4 aromatic rings. The van der Waals surface area contributed by atoms with Crippen molar-refractivity contribution < 1.29 is 22.8 Å². The smallest absolute Gasteiger partial charge is 0.291 e. The maximum absolute atomic E-state index is 13.2. The van der Waals surface area contributed by atoms with E-state index in [1.165, 1.54) is 30.3 Å². The topological polar surface area (TPSA) is 72.5 Å². The number of nitrogens with one attached hydrogen (secondary N) is 1. The third-order valence-corrected chi connectivity index (χ3v) is 4.37. The lowest BCUT2D eigenvalue weighted by molar-refractivity contribution is 0.0995. The molecule has 1 amide bonds. The zero-order chi connectivity index (χ0) is 19.0. The first kappa shape index (κ1) is 17.2. The predicted molar refractivity (Wildman–Crippen MR) is 100 cm³/mol. The van der Waals surface area contributed by atoms with Crippen LogP contribution in [0.5, 0.6) is 0 Å². The van der Waals surface area contributed by atoms with Gasteiger partial charge in [-0.3, -0.25) is 9.59 Å². The average Bonchev–Trinajstić information content (AvgIpc) is 3.26. The summed E-state index contributed by atoms with van der Waals surface area (Å²) in [7, 11) is 0. The number of rotatable bonds is 4. The summed E-state index contributed by atoms with van der Waals surface area (Å²) in [6.45, 7) is 0. The molecule has 5 nitrogen and oxygen atoms in total. The van der Waals surface area contributed by atoms with Crippen molar-refractivity contribution in [2.45, 2.75) is 0 Å². The zero-order valence-electron chi connectivity index (χ0n) is 13.7. The van der Waals surface area contributed by atoms with Gasteiger partial charge >= 0.3 is 0 Å². The summed E-state index contributed by atoms with van der Waals surface area (Å²) in [4.78, 5) is 25.4. The first-order chi connectivity index (χ1) is 13.0. The van der Waals surface area contributed by atoms with Crippen LogP contribution in [0.2, 0.25) is 0 Å². The molecule has 0 saturated heterocycles. The van der Waals surface area contributed by atoms with Crippen LogP contribution in [0.15, 0.2) is 74.2 Å². The molecule has 134 valence electrons. The highest BCUT2D eigenvalue weighted by Gasteiger charge is 2.24. The Hall–Kier alpha value is -3.19. The Morgan fingerprint density at radius 1 is 0.926 bits per heavy atom. The molecule has 0 radical (unpaired) electrons. The van der Waals surface area contributed by atoms with Crippen LogP contribution in [-0.2, 0) is 0 Å². The molecule has 0 unspecified atom stereocenters. The summed E-state index contributed by atoms with van der Waals surface area (Å²) in [5.41, 5.74) is 0.919. The van der Waals surface area contributed by atoms with Crippen LogP contribution in [0.25, 0.3) is 11.0 Å². The van der Waals surface area contributed by atoms with E-state index in [0.29, 0.717) is 15.6 Å². The lowest BCUT2D eigenvalue weighted by Gasteiger charge is -2.04. The summed E-state index contributed by atoms with van der Waals surface area (Å²) in [5.74, 6) is -1.41. The highest BCUT2D eigenvalue weighted by molar-refractivity contribution is 9.10. The molecule has 0 saturated carbocycles. The third kappa shape index (κ3) is 3.29. The molecule has 2 aromatic carbocycles. The Morgan fingerprint density at radius 2 is 1.67 bits per heavy atom. The Kier molecular flexibility index (Phi) is 4.37. The van der Waals surface area contributed by atoms with Gasteiger partial charge in [0.15, 0.2) is 16.2 Å². The van der Waals surface area contributed by atoms with E-state index in [4.69, 9.17) is 8.83 Å². The van der Waals surface area contributed by atoms with Gasteiger partial charge < -0.3 is 14.2 Å². The normalized spacial score (nSPS) is 10.9. The Bertz CT molecular complexity index is 1160. The standard InChI is InChI=1S/C20H11BrFNO4/c21-16-10-9-15(26-16)20(25)23-17-13-3-1-2-4-14(13)27-19(17)18(24)11-5-7-12(22)8-6-11/h1-10H,(H,23,25). The molecule has 0 fully saturated rings. The number of benzene rings is 2. The molecule has 0 atom stereocenters. The number of hydrogen-bond acceptors (Lipinski definition) is 4. The molecule has 4 rings (SSSR count). The minimum atomic E-state index is -0.527. The Labute approximate surface area is 160 Å². The predicted octanol–water partition coefficient (Wildman–Crippen LogP) is 5.41. The molecule has 7 heteroatoms. The zero-order valence-corrected chi connectivity index (χ0v) is 15.2. The van der Waals surface area contributed by atoms with E-state index in [0.717, 1.165) is 0 Å². The Morgan fingerprint density at radius 3 is 2.37 bits per heavy atom. The molecule has 0 spiro atoms. The van der Waals surface area contributed by atoms with E-state index < -0.39 is 17.5 Å². The van der Waals surface area contributed by atoms with Crippen LogP contribution in [0.3, 0.4) is 0 Å². The number of carbonyl (C=O) groups is 2. The molecule has 0 aliphatic rings. The van der Waals surface area contributed by atoms with Crippen molar-refractivity contribution in [2.75, 3.05) is 5.32 Å². The van der Waals surface area contributed by atoms with Crippen LogP contribution >= 0.6 is 15.9 Å². The second kappa shape index (κ2) is 6.85. The summed E-state index contributed by atoms with van der Waals surface area (Å²) in [6.07, 6.45) is 0. The molecular formula is C20H11BrFNO4.